The summed E-state index contributed by atoms with van der Waals surface area (Å²) in [6.45, 7) is 5.39. The standard InChI is InChI=1S/C41H52N6O9/c1-8-9-32(16-18-48)56-40-44-39(38-43-24-31(47(38)45-40)21-28-10-15-35(20-27(28)2)55-19-17-42-41(49)54-7)46(25-29-11-13-33(50-3)22-36(29)52-5)26-30-12-14-34(51-4)23-37(30)53-6/h10-15,20,22-24,32,48H,8-9,16-19,21,25-26H2,1-7H3,(H,42,49). The monoisotopic (exact) mass is 772 g/mol. The molecule has 0 aliphatic heterocycles. The zero-order chi connectivity index (χ0) is 40.0. The molecule has 1 amide bonds. The third-order valence-corrected chi connectivity index (χ3v) is 9.25. The number of fused-ring (bicyclic) bond motifs is 1. The molecule has 56 heavy (non-hydrogen) atoms. The van der Waals surface area contributed by atoms with E-state index in [0.29, 0.717) is 79.3 Å². The summed E-state index contributed by atoms with van der Waals surface area (Å²) in [6.07, 6.45) is 3.51. The Bertz CT molecular complexity index is 1990. The van der Waals surface area contributed by atoms with Crippen LogP contribution in [0.5, 0.6) is 34.8 Å². The highest BCUT2D eigenvalue weighted by Gasteiger charge is 2.24. The Morgan fingerprint density at radius 2 is 1.50 bits per heavy atom. The smallest absolute Gasteiger partial charge is 0.406 e. The lowest BCUT2D eigenvalue weighted by atomic mass is 10.0. The fourth-order valence-electron chi connectivity index (χ4n) is 6.28. The van der Waals surface area contributed by atoms with E-state index in [1.54, 1.807) is 39.2 Å². The predicted octanol–water partition coefficient (Wildman–Crippen LogP) is 5.93. The first-order valence-corrected chi connectivity index (χ1v) is 18.5. The van der Waals surface area contributed by atoms with Crippen molar-refractivity contribution in [3.8, 4) is 34.8 Å². The number of benzene rings is 3. The van der Waals surface area contributed by atoms with Crippen LogP contribution in [-0.4, -0.2) is 92.2 Å². The molecule has 0 bridgehead atoms. The number of nitrogens with zero attached hydrogens (tertiary/aromatic N) is 5. The molecule has 0 radical (unpaired) electrons. The Kier molecular flexibility index (Phi) is 14.8. The average Bonchev–Trinajstić information content (AvgIpc) is 3.62. The van der Waals surface area contributed by atoms with Gasteiger partial charge < -0.3 is 48.5 Å². The van der Waals surface area contributed by atoms with Gasteiger partial charge in [0.1, 0.15) is 41.5 Å². The van der Waals surface area contributed by atoms with E-state index < -0.39 is 6.09 Å². The highest BCUT2D eigenvalue weighted by atomic mass is 16.5. The molecule has 15 heteroatoms. The summed E-state index contributed by atoms with van der Waals surface area (Å²) in [4.78, 5) is 23.4. The number of carbonyl (C=O) groups excluding carboxylic acids is 1. The number of rotatable bonds is 21. The van der Waals surface area contributed by atoms with E-state index in [4.69, 9.17) is 43.5 Å². The number of aromatic nitrogens is 4. The van der Waals surface area contributed by atoms with Gasteiger partial charge in [-0.2, -0.15) is 4.98 Å². The molecule has 0 fully saturated rings. The molecule has 3 aromatic carbocycles. The van der Waals surface area contributed by atoms with Crippen molar-refractivity contribution in [1.29, 1.82) is 0 Å². The van der Waals surface area contributed by atoms with Crippen molar-refractivity contribution >= 4 is 17.6 Å². The lowest BCUT2D eigenvalue weighted by Gasteiger charge is -2.27. The van der Waals surface area contributed by atoms with Gasteiger partial charge in [-0.25, -0.2) is 14.3 Å². The van der Waals surface area contributed by atoms with E-state index in [0.717, 1.165) is 40.8 Å². The quantitative estimate of drug-likeness (QED) is 0.0846. The Labute approximate surface area is 327 Å². The number of methoxy groups -OCH3 is 5. The number of amides is 1. The van der Waals surface area contributed by atoms with Crippen molar-refractivity contribution in [3.63, 3.8) is 0 Å². The third kappa shape index (κ3) is 10.4. The van der Waals surface area contributed by atoms with Crippen molar-refractivity contribution in [2.45, 2.75) is 58.7 Å². The van der Waals surface area contributed by atoms with Crippen LogP contribution in [0.3, 0.4) is 0 Å². The number of imidazole rings is 1. The number of anilines is 1. The lowest BCUT2D eigenvalue weighted by Crippen LogP contribution is -2.27. The summed E-state index contributed by atoms with van der Waals surface area (Å²) in [5, 5.41) is 17.3. The summed E-state index contributed by atoms with van der Waals surface area (Å²) in [5.41, 5.74) is 5.16. The van der Waals surface area contributed by atoms with Gasteiger partial charge in [0.05, 0.1) is 54.0 Å². The molecule has 5 aromatic rings. The van der Waals surface area contributed by atoms with E-state index in [-0.39, 0.29) is 18.7 Å². The zero-order valence-corrected chi connectivity index (χ0v) is 33.2. The second-order valence-electron chi connectivity index (χ2n) is 13.0. The molecular formula is C41H52N6O9. The van der Waals surface area contributed by atoms with Crippen molar-refractivity contribution < 1.29 is 43.1 Å². The fourth-order valence-corrected chi connectivity index (χ4v) is 6.28. The summed E-state index contributed by atoms with van der Waals surface area (Å²) >= 11 is 0. The van der Waals surface area contributed by atoms with Crippen molar-refractivity contribution in [3.05, 3.63) is 88.7 Å². The summed E-state index contributed by atoms with van der Waals surface area (Å²) < 4.78 is 41.3. The van der Waals surface area contributed by atoms with Gasteiger partial charge in [0.2, 0.25) is 0 Å². The molecule has 0 spiro atoms. The van der Waals surface area contributed by atoms with Crippen LogP contribution in [0.4, 0.5) is 10.6 Å². The molecule has 0 saturated heterocycles. The molecule has 5 rings (SSSR count). The maximum absolute atomic E-state index is 11.4. The van der Waals surface area contributed by atoms with Crippen LogP contribution in [0, 0.1) is 6.92 Å². The number of aliphatic hydroxyl groups excluding tert-OH is 1. The molecular weight excluding hydrogens is 720 g/mol. The van der Waals surface area contributed by atoms with Crippen LogP contribution in [0.1, 0.15) is 54.1 Å². The predicted molar refractivity (Wildman–Crippen MR) is 211 cm³/mol. The van der Waals surface area contributed by atoms with Gasteiger partial charge in [-0.05, 0) is 60.9 Å². The van der Waals surface area contributed by atoms with E-state index in [2.05, 4.69) is 21.9 Å². The maximum atomic E-state index is 11.4. The Morgan fingerprint density at radius 3 is 2.07 bits per heavy atom. The number of aryl methyl sites for hydroxylation is 1. The number of alkyl carbamates (subject to hydrolysis) is 1. The first-order valence-electron chi connectivity index (χ1n) is 18.5. The van der Waals surface area contributed by atoms with Gasteiger partial charge in [0, 0.05) is 55.8 Å². The SMILES string of the molecule is CCCC(CCO)Oc1nc(N(Cc2ccc(OC)cc2OC)Cc2ccc(OC)cc2OC)c2ncc(Cc3ccc(OCCNC(=O)OC)cc3C)n2n1. The largest absolute Gasteiger partial charge is 0.497 e. The molecule has 0 saturated carbocycles. The van der Waals surface area contributed by atoms with Crippen molar-refractivity contribution in [2.75, 3.05) is 60.2 Å². The molecule has 1 unspecified atom stereocenters. The van der Waals surface area contributed by atoms with E-state index >= 15 is 0 Å². The minimum atomic E-state index is -0.507. The van der Waals surface area contributed by atoms with Gasteiger partial charge in [0.15, 0.2) is 11.5 Å². The Morgan fingerprint density at radius 1 is 0.857 bits per heavy atom. The highest BCUT2D eigenvalue weighted by molar-refractivity contribution is 5.67. The number of nitrogens with one attached hydrogen (secondary N) is 1. The molecule has 2 heterocycles. The number of hydrogen-bond donors (Lipinski definition) is 2. The third-order valence-electron chi connectivity index (χ3n) is 9.25. The molecule has 1 atom stereocenters. The molecule has 2 N–H and O–H groups in total. The summed E-state index contributed by atoms with van der Waals surface area (Å²) in [7, 11) is 7.81. The van der Waals surface area contributed by atoms with Gasteiger partial charge in [-0.3, -0.25) is 0 Å². The minimum Gasteiger partial charge on any atom is -0.497 e. The van der Waals surface area contributed by atoms with E-state index in [1.165, 1.54) is 7.11 Å². The number of hydrogen-bond acceptors (Lipinski definition) is 13. The normalized spacial score (nSPS) is 11.5. The number of carbonyl (C=O) groups is 1. The molecule has 0 aliphatic carbocycles. The lowest BCUT2D eigenvalue weighted by molar-refractivity contribution is 0.133. The number of ether oxygens (including phenoxy) is 7. The topological polar surface area (TPSA) is 160 Å². The van der Waals surface area contributed by atoms with Crippen LogP contribution in [0.25, 0.3) is 5.65 Å². The van der Waals surface area contributed by atoms with Gasteiger partial charge in [0.25, 0.3) is 0 Å². The van der Waals surface area contributed by atoms with Crippen LogP contribution < -0.4 is 38.6 Å². The fraction of sp³-hybridized carbons (Fsp3) is 0.415. The second-order valence-corrected chi connectivity index (χ2v) is 13.0. The first-order chi connectivity index (χ1) is 27.2. The highest BCUT2D eigenvalue weighted by Crippen LogP contribution is 2.33. The van der Waals surface area contributed by atoms with Gasteiger partial charge >= 0.3 is 12.1 Å². The minimum absolute atomic E-state index is 0.0302. The van der Waals surface area contributed by atoms with Crippen molar-refractivity contribution in [1.82, 2.24) is 24.9 Å². The van der Waals surface area contributed by atoms with Crippen LogP contribution in [-0.2, 0) is 24.2 Å². The molecule has 15 nitrogen and oxygen atoms in total. The average molecular weight is 773 g/mol. The second kappa shape index (κ2) is 20.1. The molecule has 300 valence electrons. The number of aliphatic hydroxyl groups is 1. The maximum Gasteiger partial charge on any atom is 0.406 e. The molecule has 0 aliphatic rings. The molecule has 2 aromatic heterocycles. The Balaban J connectivity index is 1.59. The van der Waals surface area contributed by atoms with Gasteiger partial charge in [-0.1, -0.05) is 19.4 Å². The van der Waals surface area contributed by atoms with E-state index in [1.807, 2.05) is 61.5 Å². The first kappa shape index (κ1) is 41.2. The Hall–Kier alpha value is -5.96. The van der Waals surface area contributed by atoms with Gasteiger partial charge in [-0.15, -0.1) is 5.10 Å². The van der Waals surface area contributed by atoms with E-state index in [9.17, 15) is 9.90 Å². The summed E-state index contributed by atoms with van der Waals surface area (Å²) in [6, 6.07) is 17.4. The van der Waals surface area contributed by atoms with Crippen LogP contribution in [0.15, 0.2) is 60.8 Å². The van der Waals surface area contributed by atoms with Crippen LogP contribution >= 0.6 is 0 Å². The van der Waals surface area contributed by atoms with Crippen molar-refractivity contribution in [2.24, 2.45) is 0 Å². The summed E-state index contributed by atoms with van der Waals surface area (Å²) in [5.74, 6) is 3.84. The van der Waals surface area contributed by atoms with Crippen LogP contribution in [0.2, 0.25) is 0 Å². The zero-order valence-electron chi connectivity index (χ0n) is 33.2.